The van der Waals surface area contributed by atoms with Crippen LogP contribution in [0.15, 0.2) is 42.7 Å². The number of rotatable bonds is 7. The van der Waals surface area contributed by atoms with E-state index in [9.17, 15) is 4.79 Å². The number of esters is 1. The molecule has 0 bridgehead atoms. The van der Waals surface area contributed by atoms with E-state index in [1.165, 1.54) is 12.4 Å². The summed E-state index contributed by atoms with van der Waals surface area (Å²) in [5.41, 5.74) is 2.64. The molecule has 3 aromatic heterocycles. The van der Waals surface area contributed by atoms with Crippen molar-refractivity contribution in [1.82, 2.24) is 19.9 Å². The van der Waals surface area contributed by atoms with Gasteiger partial charge in [-0.25, -0.2) is 24.7 Å². The SMILES string of the molecule is CCOC(=O)c1cnc(N(C)Cc2cc3nc(-c4ccc(C#N)cc4)nc(N4CCOCC4)c3s2)nc1. The first-order valence-electron chi connectivity index (χ1n) is 11.9. The number of thiophene rings is 1. The van der Waals surface area contributed by atoms with Crippen molar-refractivity contribution in [1.29, 1.82) is 5.26 Å². The summed E-state index contributed by atoms with van der Waals surface area (Å²) in [6, 6.07) is 11.5. The van der Waals surface area contributed by atoms with Crippen molar-refractivity contribution >= 4 is 39.3 Å². The minimum atomic E-state index is -0.437. The van der Waals surface area contributed by atoms with E-state index >= 15 is 0 Å². The second-order valence-corrected chi connectivity index (χ2v) is 9.57. The Morgan fingerprint density at radius 2 is 1.92 bits per heavy atom. The molecule has 0 N–H and O–H groups in total. The lowest BCUT2D eigenvalue weighted by atomic mass is 10.1. The highest BCUT2D eigenvalue weighted by atomic mass is 32.1. The summed E-state index contributed by atoms with van der Waals surface area (Å²) in [6.45, 7) is 5.44. The number of morpholine rings is 1. The zero-order valence-electron chi connectivity index (χ0n) is 20.5. The normalized spacial score (nSPS) is 13.4. The summed E-state index contributed by atoms with van der Waals surface area (Å²) in [4.78, 5) is 35.6. The lowest BCUT2D eigenvalue weighted by Gasteiger charge is -2.28. The van der Waals surface area contributed by atoms with E-state index in [-0.39, 0.29) is 0 Å². The molecule has 10 nitrogen and oxygen atoms in total. The highest BCUT2D eigenvalue weighted by Gasteiger charge is 2.21. The van der Waals surface area contributed by atoms with Gasteiger partial charge in [0.25, 0.3) is 0 Å². The van der Waals surface area contributed by atoms with Crippen LogP contribution in [0.1, 0.15) is 27.7 Å². The lowest BCUT2D eigenvalue weighted by molar-refractivity contribution is 0.0525. The summed E-state index contributed by atoms with van der Waals surface area (Å²) in [6.07, 6.45) is 2.96. The van der Waals surface area contributed by atoms with E-state index in [4.69, 9.17) is 24.7 Å². The number of aromatic nitrogens is 4. The molecule has 11 heteroatoms. The number of hydrogen-bond donors (Lipinski definition) is 0. The molecule has 0 saturated carbocycles. The number of anilines is 2. The van der Waals surface area contributed by atoms with E-state index in [2.05, 4.69) is 27.0 Å². The maximum Gasteiger partial charge on any atom is 0.341 e. The average Bonchev–Trinajstić information content (AvgIpc) is 3.35. The van der Waals surface area contributed by atoms with E-state index < -0.39 is 5.97 Å². The van der Waals surface area contributed by atoms with Gasteiger partial charge in [-0.3, -0.25) is 0 Å². The molecule has 1 fully saturated rings. The summed E-state index contributed by atoms with van der Waals surface area (Å²) >= 11 is 1.64. The van der Waals surface area contributed by atoms with Crippen molar-refractivity contribution in [3.8, 4) is 17.5 Å². The van der Waals surface area contributed by atoms with Crippen molar-refractivity contribution in [2.45, 2.75) is 13.5 Å². The summed E-state index contributed by atoms with van der Waals surface area (Å²) in [7, 11) is 1.90. The van der Waals surface area contributed by atoms with Crippen molar-refractivity contribution < 1.29 is 14.3 Å². The molecule has 5 rings (SSSR count). The molecule has 4 heterocycles. The molecule has 0 atom stereocenters. The zero-order chi connectivity index (χ0) is 25.8. The van der Waals surface area contributed by atoms with Gasteiger partial charge < -0.3 is 19.3 Å². The van der Waals surface area contributed by atoms with Crippen molar-refractivity contribution in [3.63, 3.8) is 0 Å². The molecular weight excluding hydrogens is 490 g/mol. The molecule has 188 valence electrons. The minimum absolute atomic E-state index is 0.300. The van der Waals surface area contributed by atoms with Crippen LogP contribution in [0.5, 0.6) is 0 Å². The number of fused-ring (bicyclic) bond motifs is 1. The van der Waals surface area contributed by atoms with Crippen LogP contribution >= 0.6 is 11.3 Å². The van der Waals surface area contributed by atoms with Crippen LogP contribution in [0.3, 0.4) is 0 Å². The number of benzene rings is 1. The van der Waals surface area contributed by atoms with E-state index in [1.54, 1.807) is 30.4 Å². The summed E-state index contributed by atoms with van der Waals surface area (Å²) in [5.74, 6) is 1.58. The molecule has 1 aromatic carbocycles. The van der Waals surface area contributed by atoms with Gasteiger partial charge in [0.2, 0.25) is 5.95 Å². The Morgan fingerprint density at radius 1 is 1.19 bits per heavy atom. The predicted octanol–water partition coefficient (Wildman–Crippen LogP) is 3.67. The Morgan fingerprint density at radius 3 is 2.59 bits per heavy atom. The fourth-order valence-electron chi connectivity index (χ4n) is 4.00. The smallest absolute Gasteiger partial charge is 0.341 e. The van der Waals surface area contributed by atoms with Crippen LogP contribution in [0.25, 0.3) is 21.6 Å². The third-order valence-corrected chi connectivity index (χ3v) is 6.98. The van der Waals surface area contributed by atoms with Gasteiger partial charge in [-0.2, -0.15) is 5.26 Å². The van der Waals surface area contributed by atoms with Gasteiger partial charge in [0.1, 0.15) is 0 Å². The molecule has 0 radical (unpaired) electrons. The van der Waals surface area contributed by atoms with Crippen LogP contribution < -0.4 is 9.80 Å². The third kappa shape index (κ3) is 5.35. The van der Waals surface area contributed by atoms with E-state index in [0.29, 0.717) is 49.3 Å². The number of carbonyl (C=O) groups excluding carboxylic acids is 1. The Hall–Kier alpha value is -4.14. The number of hydrogen-bond acceptors (Lipinski definition) is 11. The number of nitriles is 1. The van der Waals surface area contributed by atoms with E-state index in [1.807, 2.05) is 24.1 Å². The average molecular weight is 516 g/mol. The van der Waals surface area contributed by atoms with Crippen LogP contribution in [0.2, 0.25) is 0 Å². The fraction of sp³-hybridized carbons (Fsp3) is 0.308. The number of nitrogens with zero attached hydrogens (tertiary/aromatic N) is 7. The van der Waals surface area contributed by atoms with Crippen LogP contribution in [-0.4, -0.2) is 65.9 Å². The van der Waals surface area contributed by atoms with Crippen molar-refractivity contribution in [3.05, 3.63) is 58.7 Å². The Balaban J connectivity index is 1.45. The van der Waals surface area contributed by atoms with Crippen LogP contribution in [-0.2, 0) is 16.0 Å². The standard InChI is InChI=1S/C26H25N7O3S/c1-3-36-25(34)19-14-28-26(29-15-19)32(2)16-20-12-21-22(37-20)24(33-8-10-35-11-9-33)31-23(30-21)18-6-4-17(13-27)5-7-18/h4-7,12,14-15H,3,8-11,16H2,1-2H3. The van der Waals surface area contributed by atoms with Gasteiger partial charge in [0.15, 0.2) is 11.6 Å². The van der Waals surface area contributed by atoms with Crippen LogP contribution in [0, 0.1) is 11.3 Å². The topological polar surface area (TPSA) is 117 Å². The quantitative estimate of drug-likeness (QED) is 0.337. The minimum Gasteiger partial charge on any atom is -0.462 e. The first kappa shape index (κ1) is 24.5. The first-order chi connectivity index (χ1) is 18.1. The zero-order valence-corrected chi connectivity index (χ0v) is 21.4. The van der Waals surface area contributed by atoms with Gasteiger partial charge in [-0.05, 0) is 37.3 Å². The highest BCUT2D eigenvalue weighted by molar-refractivity contribution is 7.19. The van der Waals surface area contributed by atoms with Crippen molar-refractivity contribution in [2.75, 3.05) is 49.8 Å². The number of carbonyl (C=O) groups is 1. The molecule has 37 heavy (non-hydrogen) atoms. The summed E-state index contributed by atoms with van der Waals surface area (Å²) in [5, 5.41) is 9.14. The van der Waals surface area contributed by atoms with Gasteiger partial charge in [0, 0.05) is 43.0 Å². The molecule has 1 aliphatic heterocycles. The van der Waals surface area contributed by atoms with Gasteiger partial charge in [-0.15, -0.1) is 11.3 Å². The molecule has 4 aromatic rings. The first-order valence-corrected chi connectivity index (χ1v) is 12.7. The molecule has 1 saturated heterocycles. The molecule has 1 aliphatic rings. The highest BCUT2D eigenvalue weighted by Crippen LogP contribution is 2.35. The second-order valence-electron chi connectivity index (χ2n) is 8.43. The third-order valence-electron chi connectivity index (χ3n) is 5.87. The Labute approximate surface area is 218 Å². The van der Waals surface area contributed by atoms with Crippen LogP contribution in [0.4, 0.5) is 11.8 Å². The maximum atomic E-state index is 11.9. The number of ether oxygens (including phenoxy) is 2. The molecular formula is C26H25N7O3S. The Kier molecular flexibility index (Phi) is 7.20. The van der Waals surface area contributed by atoms with Gasteiger partial charge >= 0.3 is 5.97 Å². The fourth-order valence-corrected chi connectivity index (χ4v) is 5.16. The molecule has 0 unspecified atom stereocenters. The van der Waals surface area contributed by atoms with Crippen molar-refractivity contribution in [2.24, 2.45) is 0 Å². The van der Waals surface area contributed by atoms with Gasteiger partial charge in [-0.1, -0.05) is 0 Å². The lowest BCUT2D eigenvalue weighted by Crippen LogP contribution is -2.36. The molecule has 0 amide bonds. The second kappa shape index (κ2) is 10.9. The van der Waals surface area contributed by atoms with Gasteiger partial charge in [0.05, 0.1) is 53.8 Å². The predicted molar refractivity (Wildman–Crippen MR) is 141 cm³/mol. The Bertz CT molecular complexity index is 1440. The summed E-state index contributed by atoms with van der Waals surface area (Å²) < 4.78 is 11.6. The maximum absolute atomic E-state index is 11.9. The molecule has 0 spiro atoms. The largest absolute Gasteiger partial charge is 0.462 e. The monoisotopic (exact) mass is 515 g/mol. The molecule has 0 aliphatic carbocycles. The van der Waals surface area contributed by atoms with E-state index in [0.717, 1.165) is 39.6 Å².